The Labute approximate surface area is 257 Å². The van der Waals surface area contributed by atoms with Crippen LogP contribution < -0.4 is 0 Å². The molecule has 0 aromatic carbocycles. The molecule has 0 bridgehead atoms. The fraction of sp³-hybridized carbons (Fsp3) is 0.679. The van der Waals surface area contributed by atoms with E-state index in [0.29, 0.717) is 37.1 Å². The average molecular weight is 659 g/mol. The summed E-state index contributed by atoms with van der Waals surface area (Å²) in [6.45, 7) is 8.32. The monoisotopic (exact) mass is 658 g/mol. The summed E-state index contributed by atoms with van der Waals surface area (Å²) < 4.78 is 87.7. The van der Waals surface area contributed by atoms with Gasteiger partial charge in [0, 0.05) is 24.7 Å². The number of halogens is 6. The minimum Gasteiger partial charge on any atom is -0.347 e. The molecule has 7 nitrogen and oxygen atoms in total. The number of carbonyl (C=O) groups excluding carboxylic acids is 1. The van der Waals surface area contributed by atoms with Crippen LogP contribution in [0.1, 0.15) is 113 Å². The van der Waals surface area contributed by atoms with Crippen molar-refractivity contribution in [2.75, 3.05) is 24.7 Å². The first-order chi connectivity index (χ1) is 20.4. The van der Waals surface area contributed by atoms with Crippen molar-refractivity contribution in [3.63, 3.8) is 0 Å². The normalized spacial score (nSPS) is 11.9. The molecular weight excluding hydrogens is 618 g/mol. The number of carbonyl (C=O) groups is 1. The fourth-order valence-electron chi connectivity index (χ4n) is 3.39. The molecule has 0 unspecified atom stereocenters. The summed E-state index contributed by atoms with van der Waals surface area (Å²) in [4.78, 5) is 25.6. The summed E-state index contributed by atoms with van der Waals surface area (Å²) in [7, 11) is 0. The Morgan fingerprint density at radius 1 is 0.698 bits per heavy atom. The number of aromatic nitrogens is 4. The van der Waals surface area contributed by atoms with Gasteiger partial charge in [-0.2, -0.15) is 26.3 Å². The zero-order valence-corrected chi connectivity index (χ0v) is 26.5. The molecule has 0 N–H and O–H groups in total. The van der Waals surface area contributed by atoms with Crippen LogP contribution in [0.3, 0.4) is 0 Å². The van der Waals surface area contributed by atoms with Crippen LogP contribution in [0.5, 0.6) is 0 Å². The van der Waals surface area contributed by atoms with Gasteiger partial charge in [0.25, 0.3) is 0 Å². The van der Waals surface area contributed by atoms with E-state index in [0.717, 1.165) is 69.2 Å². The molecule has 0 atom stereocenters. The van der Waals surface area contributed by atoms with Gasteiger partial charge in [0.05, 0.1) is 0 Å². The molecule has 2 heterocycles. The lowest BCUT2D eigenvalue weighted by Crippen LogP contribution is -2.16. The van der Waals surface area contributed by atoms with Crippen LogP contribution in [0.15, 0.2) is 22.4 Å². The number of thioether (sulfide) groups is 2. The predicted octanol–water partition coefficient (Wildman–Crippen LogP) is 9.22. The Bertz CT molecular complexity index is 1070. The molecule has 2 aromatic heterocycles. The van der Waals surface area contributed by atoms with Crippen LogP contribution in [-0.4, -0.2) is 50.9 Å². The third kappa shape index (κ3) is 16.1. The average Bonchev–Trinajstić information content (AvgIpc) is 2.96. The van der Waals surface area contributed by atoms with Crippen molar-refractivity contribution in [1.82, 2.24) is 19.9 Å². The maximum Gasteiger partial charge on any atom is 0.433 e. The second-order valence-electron chi connectivity index (χ2n) is 9.10. The number of hydrogen-bond acceptors (Lipinski definition) is 9. The molecule has 0 saturated heterocycles. The largest absolute Gasteiger partial charge is 0.433 e. The molecule has 0 amide bonds. The van der Waals surface area contributed by atoms with Gasteiger partial charge < -0.3 is 9.47 Å². The molecule has 0 aliphatic carbocycles. The number of rotatable bonds is 18. The van der Waals surface area contributed by atoms with Gasteiger partial charge in [-0.15, -0.1) is 0 Å². The number of ether oxygens (including phenoxy) is 2. The fourth-order valence-corrected chi connectivity index (χ4v) is 5.12. The summed E-state index contributed by atoms with van der Waals surface area (Å²) in [5.41, 5.74) is -2.16. The van der Waals surface area contributed by atoms with Crippen molar-refractivity contribution in [3.05, 3.63) is 34.9 Å². The molecule has 0 radical (unpaired) electrons. The Hall–Kier alpha value is -1.97. The second kappa shape index (κ2) is 20.9. The molecule has 0 aliphatic heterocycles. The molecule has 2 aromatic rings. The molecule has 0 aliphatic rings. The van der Waals surface area contributed by atoms with Crippen LogP contribution in [0.25, 0.3) is 0 Å². The molecular formula is C28H40F6N4O3S2. The van der Waals surface area contributed by atoms with Crippen molar-refractivity contribution < 1.29 is 40.6 Å². The minimum atomic E-state index is -4.56. The summed E-state index contributed by atoms with van der Waals surface area (Å²) in [5, 5.41) is 0.120. The lowest BCUT2D eigenvalue weighted by molar-refractivity contribution is -0.148. The highest BCUT2D eigenvalue weighted by Crippen LogP contribution is 2.32. The van der Waals surface area contributed by atoms with Gasteiger partial charge in [-0.3, -0.25) is 4.79 Å². The van der Waals surface area contributed by atoms with Crippen LogP contribution in [0.2, 0.25) is 0 Å². The quantitative estimate of drug-likeness (QED) is 0.0388. The van der Waals surface area contributed by atoms with E-state index in [4.69, 9.17) is 9.47 Å². The van der Waals surface area contributed by atoms with Crippen molar-refractivity contribution in [3.8, 4) is 0 Å². The van der Waals surface area contributed by atoms with E-state index in [-0.39, 0.29) is 21.7 Å². The standard InChI is InChI=1S/C16H25F3N2O2S.C12H15F3N2OS/c1-4-7-8-9-10-24-15-20-12(14(22-5-2)23-6-3)11-13(21-15)16(17,18)19;1-2-3-4-5-6-19-11-16-9(8-18)7-10(17-11)12(13,14)15/h11,14H,4-10H2,1-3H3;7-8H,2-6H2,1H3. The Morgan fingerprint density at radius 3 is 1.58 bits per heavy atom. The second-order valence-corrected chi connectivity index (χ2v) is 11.2. The number of alkyl halides is 6. The first-order valence-electron chi connectivity index (χ1n) is 14.3. The van der Waals surface area contributed by atoms with Crippen molar-refractivity contribution in [1.29, 1.82) is 0 Å². The first kappa shape index (κ1) is 39.1. The van der Waals surface area contributed by atoms with Crippen LogP contribution >= 0.6 is 23.5 Å². The smallest absolute Gasteiger partial charge is 0.347 e. The van der Waals surface area contributed by atoms with Gasteiger partial charge in [0.15, 0.2) is 16.6 Å². The van der Waals surface area contributed by atoms with Gasteiger partial charge in [-0.05, 0) is 38.8 Å². The zero-order chi connectivity index (χ0) is 32.3. The summed E-state index contributed by atoms with van der Waals surface area (Å²) in [5.74, 6) is 1.34. The third-order valence-corrected chi connectivity index (χ3v) is 7.36. The van der Waals surface area contributed by atoms with E-state index in [1.807, 2.05) is 0 Å². The number of aldehydes is 1. The molecule has 244 valence electrons. The Kier molecular flexibility index (Phi) is 19.0. The van der Waals surface area contributed by atoms with Gasteiger partial charge in [-0.1, -0.05) is 75.9 Å². The van der Waals surface area contributed by atoms with Crippen molar-refractivity contribution in [2.24, 2.45) is 0 Å². The van der Waals surface area contributed by atoms with E-state index in [2.05, 4.69) is 33.8 Å². The van der Waals surface area contributed by atoms with E-state index in [9.17, 15) is 31.1 Å². The molecule has 2 rings (SSSR count). The molecule has 0 saturated carbocycles. The topological polar surface area (TPSA) is 87.1 Å². The van der Waals surface area contributed by atoms with E-state index in [1.165, 1.54) is 11.8 Å². The zero-order valence-electron chi connectivity index (χ0n) is 24.9. The Balaban J connectivity index is 0.000000442. The summed E-state index contributed by atoms with van der Waals surface area (Å²) in [6, 6.07) is 1.56. The van der Waals surface area contributed by atoms with Crippen LogP contribution in [-0.2, 0) is 21.8 Å². The van der Waals surface area contributed by atoms with Crippen LogP contribution in [0, 0.1) is 0 Å². The highest BCUT2D eigenvalue weighted by molar-refractivity contribution is 7.99. The van der Waals surface area contributed by atoms with E-state index in [1.54, 1.807) is 13.8 Å². The van der Waals surface area contributed by atoms with Crippen molar-refractivity contribution in [2.45, 2.75) is 108 Å². The molecule has 15 heteroatoms. The minimum absolute atomic E-state index is 0.00780. The highest BCUT2D eigenvalue weighted by Gasteiger charge is 2.35. The predicted molar refractivity (Wildman–Crippen MR) is 155 cm³/mol. The van der Waals surface area contributed by atoms with Gasteiger partial charge in [0.2, 0.25) is 6.29 Å². The summed E-state index contributed by atoms with van der Waals surface area (Å²) >= 11 is 2.39. The highest BCUT2D eigenvalue weighted by atomic mass is 32.2. The molecule has 0 fully saturated rings. The summed E-state index contributed by atoms with van der Waals surface area (Å²) in [6.07, 6.45) is -1.37. The lowest BCUT2D eigenvalue weighted by atomic mass is 10.2. The van der Waals surface area contributed by atoms with Gasteiger partial charge >= 0.3 is 12.4 Å². The van der Waals surface area contributed by atoms with Crippen LogP contribution in [0.4, 0.5) is 26.3 Å². The maximum absolute atomic E-state index is 13.1. The van der Waals surface area contributed by atoms with E-state index < -0.39 is 30.0 Å². The van der Waals surface area contributed by atoms with Crippen molar-refractivity contribution >= 4 is 29.8 Å². The lowest BCUT2D eigenvalue weighted by Gasteiger charge is -2.18. The maximum atomic E-state index is 13.1. The first-order valence-corrected chi connectivity index (χ1v) is 16.2. The number of nitrogens with zero attached hydrogens (tertiary/aromatic N) is 4. The molecule has 0 spiro atoms. The number of hydrogen-bond donors (Lipinski definition) is 0. The van der Waals surface area contributed by atoms with Gasteiger partial charge in [-0.25, -0.2) is 19.9 Å². The molecule has 43 heavy (non-hydrogen) atoms. The third-order valence-electron chi connectivity index (χ3n) is 5.49. The SMILES string of the molecule is CCCCCCSc1nc(C(OCC)OCC)cc(C(F)(F)F)n1.CCCCCCSc1nc(C=O)cc(C(F)(F)F)n1. The Morgan fingerprint density at radius 2 is 1.16 bits per heavy atom. The van der Waals surface area contributed by atoms with E-state index >= 15 is 0 Å². The number of unbranched alkanes of at least 4 members (excludes halogenated alkanes) is 6. The van der Waals surface area contributed by atoms with Gasteiger partial charge in [0.1, 0.15) is 22.8 Å².